The molecule has 0 spiro atoms. The fourth-order valence-electron chi connectivity index (χ4n) is 2.32. The van der Waals surface area contributed by atoms with Crippen molar-refractivity contribution in [2.75, 3.05) is 6.54 Å². The molecular formula is C13H19N3O3. The minimum absolute atomic E-state index is 0.179. The van der Waals surface area contributed by atoms with Gasteiger partial charge in [0.15, 0.2) is 0 Å². The Morgan fingerprint density at radius 3 is 2.74 bits per heavy atom. The Hall–Kier alpha value is -1.85. The lowest BCUT2D eigenvalue weighted by Crippen LogP contribution is -2.48. The van der Waals surface area contributed by atoms with Gasteiger partial charge in [0.05, 0.1) is 0 Å². The molecule has 1 aromatic rings. The Morgan fingerprint density at radius 1 is 1.42 bits per heavy atom. The second-order valence-corrected chi connectivity index (χ2v) is 5.12. The Bertz CT molecular complexity index is 481. The zero-order chi connectivity index (χ0) is 14.0. The molecule has 6 heteroatoms. The van der Waals surface area contributed by atoms with Crippen LogP contribution in [0.15, 0.2) is 12.3 Å². The van der Waals surface area contributed by atoms with Gasteiger partial charge in [-0.1, -0.05) is 0 Å². The first-order valence-electron chi connectivity index (χ1n) is 6.59. The molecule has 1 unspecified atom stereocenters. The number of piperidine rings is 1. The van der Waals surface area contributed by atoms with Gasteiger partial charge in [0, 0.05) is 18.8 Å². The van der Waals surface area contributed by atoms with Crippen LogP contribution in [0.1, 0.15) is 49.6 Å². The number of carbonyl (C=O) groups excluding carboxylic acids is 1. The maximum atomic E-state index is 12.3. The van der Waals surface area contributed by atoms with Crippen LogP contribution in [0.5, 0.6) is 0 Å². The minimum Gasteiger partial charge on any atom is -0.480 e. The summed E-state index contributed by atoms with van der Waals surface area (Å²) in [5, 5.41) is 13.4. The van der Waals surface area contributed by atoms with Gasteiger partial charge in [-0.05, 0) is 39.2 Å². The lowest BCUT2D eigenvalue weighted by molar-refractivity contribution is -0.143. The third-order valence-electron chi connectivity index (χ3n) is 3.41. The molecule has 0 bridgehead atoms. The molecule has 6 nitrogen and oxygen atoms in total. The van der Waals surface area contributed by atoms with Gasteiger partial charge >= 0.3 is 5.97 Å². The van der Waals surface area contributed by atoms with Crippen molar-refractivity contribution < 1.29 is 14.7 Å². The molecule has 0 aliphatic carbocycles. The molecule has 1 atom stereocenters. The number of likely N-dealkylation sites (tertiary alicyclic amines) is 1. The van der Waals surface area contributed by atoms with Crippen molar-refractivity contribution in [3.63, 3.8) is 0 Å². The summed E-state index contributed by atoms with van der Waals surface area (Å²) in [6.07, 6.45) is 3.96. The van der Waals surface area contributed by atoms with E-state index < -0.39 is 12.0 Å². The predicted molar refractivity (Wildman–Crippen MR) is 68.9 cm³/mol. The maximum Gasteiger partial charge on any atom is 0.326 e. The van der Waals surface area contributed by atoms with Gasteiger partial charge in [-0.2, -0.15) is 5.10 Å². The first-order chi connectivity index (χ1) is 9.00. The highest BCUT2D eigenvalue weighted by Gasteiger charge is 2.33. The quantitative estimate of drug-likeness (QED) is 0.899. The molecule has 2 rings (SSSR count). The first kappa shape index (κ1) is 13.6. The van der Waals surface area contributed by atoms with E-state index in [9.17, 15) is 14.7 Å². The summed E-state index contributed by atoms with van der Waals surface area (Å²) in [6.45, 7) is 4.44. The topological polar surface area (TPSA) is 75.4 Å². The Balaban J connectivity index is 2.18. The number of amides is 1. The number of carboxylic acid groups (broad SMARTS) is 1. The molecule has 104 valence electrons. The largest absolute Gasteiger partial charge is 0.480 e. The third-order valence-corrected chi connectivity index (χ3v) is 3.41. The van der Waals surface area contributed by atoms with Gasteiger partial charge < -0.3 is 10.0 Å². The lowest BCUT2D eigenvalue weighted by Gasteiger charge is -2.32. The molecule has 0 radical (unpaired) electrons. The number of rotatable bonds is 3. The van der Waals surface area contributed by atoms with E-state index in [1.165, 1.54) is 4.90 Å². The molecule has 1 saturated heterocycles. The monoisotopic (exact) mass is 265 g/mol. The zero-order valence-electron chi connectivity index (χ0n) is 11.2. The minimum atomic E-state index is -0.934. The average Bonchev–Trinajstić information content (AvgIpc) is 2.87. The molecule has 1 aliphatic heterocycles. The number of aliphatic carboxylic acids is 1. The summed E-state index contributed by atoms with van der Waals surface area (Å²) >= 11 is 0. The Labute approximate surface area is 112 Å². The fraction of sp³-hybridized carbons (Fsp3) is 0.615. The van der Waals surface area contributed by atoms with E-state index in [0.717, 1.165) is 12.8 Å². The van der Waals surface area contributed by atoms with Crippen LogP contribution in [0.2, 0.25) is 0 Å². The highest BCUT2D eigenvalue weighted by molar-refractivity contribution is 5.95. The van der Waals surface area contributed by atoms with Crippen molar-refractivity contribution >= 4 is 11.9 Å². The van der Waals surface area contributed by atoms with Crippen LogP contribution in [0, 0.1) is 0 Å². The summed E-state index contributed by atoms with van der Waals surface area (Å²) < 4.78 is 1.70. The molecule has 1 fully saturated rings. The van der Waals surface area contributed by atoms with Crippen LogP contribution in [0.3, 0.4) is 0 Å². The average molecular weight is 265 g/mol. The smallest absolute Gasteiger partial charge is 0.326 e. The first-order valence-corrected chi connectivity index (χ1v) is 6.59. The second-order valence-electron chi connectivity index (χ2n) is 5.12. The van der Waals surface area contributed by atoms with Crippen molar-refractivity contribution in [3.8, 4) is 0 Å². The molecule has 1 aromatic heterocycles. The van der Waals surface area contributed by atoms with Crippen molar-refractivity contribution in [2.24, 2.45) is 0 Å². The molecule has 2 heterocycles. The lowest BCUT2D eigenvalue weighted by atomic mass is 10.0. The Morgan fingerprint density at radius 2 is 2.16 bits per heavy atom. The number of carbonyl (C=O) groups is 2. The molecular weight excluding hydrogens is 246 g/mol. The molecule has 19 heavy (non-hydrogen) atoms. The zero-order valence-corrected chi connectivity index (χ0v) is 11.2. The SMILES string of the molecule is CC(C)n1ccc(C(=O)N2CCCCC2C(=O)O)n1. The normalized spacial score (nSPS) is 19.7. The summed E-state index contributed by atoms with van der Waals surface area (Å²) in [6, 6.07) is 1.11. The molecule has 0 saturated carbocycles. The van der Waals surface area contributed by atoms with E-state index >= 15 is 0 Å². The van der Waals surface area contributed by atoms with Gasteiger partial charge in [0.25, 0.3) is 5.91 Å². The molecule has 1 amide bonds. The van der Waals surface area contributed by atoms with E-state index in [0.29, 0.717) is 18.7 Å². The van der Waals surface area contributed by atoms with Crippen LogP contribution in [0.25, 0.3) is 0 Å². The van der Waals surface area contributed by atoms with Gasteiger partial charge in [-0.25, -0.2) is 4.79 Å². The predicted octanol–water partition coefficient (Wildman–Crippen LogP) is 1.54. The molecule has 1 aliphatic rings. The second kappa shape index (κ2) is 5.42. The number of hydrogen-bond donors (Lipinski definition) is 1. The van der Waals surface area contributed by atoms with Crippen molar-refractivity contribution in [2.45, 2.75) is 45.2 Å². The van der Waals surface area contributed by atoms with E-state index in [2.05, 4.69) is 5.10 Å². The molecule has 1 N–H and O–H groups in total. The van der Waals surface area contributed by atoms with Gasteiger partial charge in [-0.15, -0.1) is 0 Å². The van der Waals surface area contributed by atoms with Gasteiger partial charge in [0.2, 0.25) is 0 Å². The highest BCUT2D eigenvalue weighted by atomic mass is 16.4. The van der Waals surface area contributed by atoms with Gasteiger partial charge in [0.1, 0.15) is 11.7 Å². The number of hydrogen-bond acceptors (Lipinski definition) is 3. The van der Waals surface area contributed by atoms with E-state index in [1.54, 1.807) is 16.9 Å². The van der Waals surface area contributed by atoms with E-state index in [4.69, 9.17) is 0 Å². The van der Waals surface area contributed by atoms with Crippen molar-refractivity contribution in [1.82, 2.24) is 14.7 Å². The number of aromatic nitrogens is 2. The summed E-state index contributed by atoms with van der Waals surface area (Å²) in [4.78, 5) is 25.0. The van der Waals surface area contributed by atoms with Crippen LogP contribution in [0.4, 0.5) is 0 Å². The third kappa shape index (κ3) is 2.77. The number of nitrogens with zero attached hydrogens (tertiary/aromatic N) is 3. The summed E-state index contributed by atoms with van der Waals surface area (Å²) in [5.74, 6) is -1.22. The van der Waals surface area contributed by atoms with Crippen molar-refractivity contribution in [1.29, 1.82) is 0 Å². The maximum absolute atomic E-state index is 12.3. The summed E-state index contributed by atoms with van der Waals surface area (Å²) in [5.41, 5.74) is 0.321. The highest BCUT2D eigenvalue weighted by Crippen LogP contribution is 2.19. The van der Waals surface area contributed by atoms with Crippen LogP contribution >= 0.6 is 0 Å². The molecule has 0 aromatic carbocycles. The van der Waals surface area contributed by atoms with Crippen LogP contribution in [-0.2, 0) is 4.79 Å². The van der Waals surface area contributed by atoms with Gasteiger partial charge in [-0.3, -0.25) is 9.48 Å². The standard InChI is InChI=1S/C13H19N3O3/c1-9(2)16-8-6-10(14-16)12(17)15-7-4-3-5-11(15)13(18)19/h6,8-9,11H,3-5,7H2,1-2H3,(H,18,19). The van der Waals surface area contributed by atoms with Crippen molar-refractivity contribution in [3.05, 3.63) is 18.0 Å². The summed E-state index contributed by atoms with van der Waals surface area (Å²) in [7, 11) is 0. The fourth-order valence-corrected chi connectivity index (χ4v) is 2.32. The van der Waals surface area contributed by atoms with Crippen LogP contribution in [-0.4, -0.2) is 44.3 Å². The van der Waals surface area contributed by atoms with E-state index in [-0.39, 0.29) is 11.9 Å². The number of carboxylic acids is 1. The van der Waals surface area contributed by atoms with E-state index in [1.807, 2.05) is 13.8 Å². The Kier molecular flexibility index (Phi) is 3.87. The van der Waals surface area contributed by atoms with Crippen LogP contribution < -0.4 is 0 Å².